The SMILES string of the molecule is O=C(Nc1cc(C2CC2)n[nH]1)c1cc(C(F)(F)F)cc(C(F)(F)F)c1. The van der Waals surface area contributed by atoms with E-state index in [9.17, 15) is 31.1 Å². The molecule has 4 nitrogen and oxygen atoms in total. The van der Waals surface area contributed by atoms with Crippen LogP contribution in [-0.2, 0) is 12.4 Å². The number of H-pyrrole nitrogens is 1. The van der Waals surface area contributed by atoms with Gasteiger partial charge in [0.1, 0.15) is 5.82 Å². The van der Waals surface area contributed by atoms with Crippen molar-refractivity contribution in [2.45, 2.75) is 31.1 Å². The molecule has 0 spiro atoms. The van der Waals surface area contributed by atoms with E-state index < -0.39 is 35.0 Å². The maximum Gasteiger partial charge on any atom is 0.416 e. The lowest BCUT2D eigenvalue weighted by molar-refractivity contribution is -0.143. The molecule has 0 unspecified atom stereocenters. The Bertz CT molecular complexity index is 772. The molecule has 0 radical (unpaired) electrons. The third kappa shape index (κ3) is 3.94. The van der Waals surface area contributed by atoms with Crippen molar-refractivity contribution in [3.8, 4) is 0 Å². The fraction of sp³-hybridized carbons (Fsp3) is 0.333. The average Bonchev–Trinajstić information content (AvgIpc) is 3.25. The minimum atomic E-state index is -5.01. The van der Waals surface area contributed by atoms with Crippen molar-refractivity contribution in [1.82, 2.24) is 10.2 Å². The second-order valence-electron chi connectivity index (χ2n) is 5.73. The van der Waals surface area contributed by atoms with Gasteiger partial charge in [0.2, 0.25) is 0 Å². The fourth-order valence-electron chi connectivity index (χ4n) is 2.27. The first-order valence-electron chi connectivity index (χ1n) is 7.20. The standard InChI is InChI=1S/C15H11F6N3O/c16-14(17,18)9-3-8(4-10(5-9)15(19,20)21)13(25)22-12-6-11(23-24-12)7-1-2-7/h3-7H,1-2H2,(H2,22,23,24,25). The van der Waals surface area contributed by atoms with E-state index in [4.69, 9.17) is 0 Å². The van der Waals surface area contributed by atoms with Crippen LogP contribution in [0.25, 0.3) is 0 Å². The van der Waals surface area contributed by atoms with Crippen LogP contribution in [0.1, 0.15) is 45.9 Å². The number of nitrogens with one attached hydrogen (secondary N) is 2. The number of amides is 1. The number of anilines is 1. The van der Waals surface area contributed by atoms with Crippen molar-refractivity contribution < 1.29 is 31.1 Å². The summed E-state index contributed by atoms with van der Waals surface area (Å²) >= 11 is 0. The summed E-state index contributed by atoms with van der Waals surface area (Å²) in [4.78, 5) is 12.1. The second-order valence-corrected chi connectivity index (χ2v) is 5.73. The quantitative estimate of drug-likeness (QED) is 0.785. The predicted molar refractivity (Wildman–Crippen MR) is 75.0 cm³/mol. The molecule has 3 rings (SSSR count). The van der Waals surface area contributed by atoms with Gasteiger partial charge in [0.25, 0.3) is 5.91 Å². The molecule has 1 saturated carbocycles. The highest BCUT2D eigenvalue weighted by molar-refractivity contribution is 6.04. The summed E-state index contributed by atoms with van der Waals surface area (Å²) in [5, 5.41) is 8.66. The molecule has 0 bridgehead atoms. The monoisotopic (exact) mass is 363 g/mol. The van der Waals surface area contributed by atoms with Crippen LogP contribution in [-0.4, -0.2) is 16.1 Å². The highest BCUT2D eigenvalue weighted by Gasteiger charge is 2.37. The molecule has 0 saturated heterocycles. The number of aromatic nitrogens is 2. The maximum absolute atomic E-state index is 12.8. The molecule has 0 aliphatic heterocycles. The summed E-state index contributed by atoms with van der Waals surface area (Å²) in [6.45, 7) is 0. The molecule has 1 aliphatic rings. The number of hydrogen-bond donors (Lipinski definition) is 2. The van der Waals surface area contributed by atoms with Gasteiger partial charge in [-0.15, -0.1) is 0 Å². The predicted octanol–water partition coefficient (Wildman–Crippen LogP) is 4.58. The van der Waals surface area contributed by atoms with Gasteiger partial charge in [0.05, 0.1) is 16.8 Å². The van der Waals surface area contributed by atoms with Gasteiger partial charge < -0.3 is 5.32 Å². The van der Waals surface area contributed by atoms with Gasteiger partial charge in [0, 0.05) is 17.5 Å². The van der Waals surface area contributed by atoms with Crippen LogP contribution in [0.2, 0.25) is 0 Å². The Kier molecular flexibility index (Phi) is 4.00. The zero-order valence-electron chi connectivity index (χ0n) is 12.4. The number of nitrogens with zero attached hydrogens (tertiary/aromatic N) is 1. The smallest absolute Gasteiger partial charge is 0.307 e. The van der Waals surface area contributed by atoms with Crippen LogP contribution >= 0.6 is 0 Å². The second kappa shape index (κ2) is 5.78. The van der Waals surface area contributed by atoms with Crippen LogP contribution in [0, 0.1) is 0 Å². The van der Waals surface area contributed by atoms with Crippen molar-refractivity contribution in [1.29, 1.82) is 0 Å². The van der Waals surface area contributed by atoms with Crippen LogP contribution in [0.4, 0.5) is 32.2 Å². The summed E-state index contributed by atoms with van der Waals surface area (Å²) in [6.07, 6.45) is -8.13. The van der Waals surface area contributed by atoms with Crippen molar-refractivity contribution in [2.24, 2.45) is 0 Å². The van der Waals surface area contributed by atoms with Gasteiger partial charge in [-0.3, -0.25) is 9.89 Å². The number of benzene rings is 1. The molecule has 2 N–H and O–H groups in total. The van der Waals surface area contributed by atoms with Gasteiger partial charge in [-0.2, -0.15) is 31.4 Å². The lowest BCUT2D eigenvalue weighted by Gasteiger charge is -2.13. The third-order valence-electron chi connectivity index (χ3n) is 3.69. The van der Waals surface area contributed by atoms with E-state index in [-0.39, 0.29) is 17.8 Å². The molecule has 1 aliphatic carbocycles. The van der Waals surface area contributed by atoms with E-state index in [1.807, 2.05) is 0 Å². The number of alkyl halides is 6. The number of carbonyl (C=O) groups is 1. The van der Waals surface area contributed by atoms with Gasteiger partial charge in [-0.1, -0.05) is 0 Å². The zero-order valence-corrected chi connectivity index (χ0v) is 12.4. The van der Waals surface area contributed by atoms with Gasteiger partial charge >= 0.3 is 12.4 Å². The number of halogens is 6. The first kappa shape index (κ1) is 17.3. The first-order valence-corrected chi connectivity index (χ1v) is 7.20. The maximum atomic E-state index is 12.8. The molecule has 0 atom stereocenters. The van der Waals surface area contributed by atoms with Crippen molar-refractivity contribution in [3.63, 3.8) is 0 Å². The van der Waals surface area contributed by atoms with Gasteiger partial charge in [0.15, 0.2) is 0 Å². The molecule has 134 valence electrons. The Balaban J connectivity index is 1.89. The normalized spacial score (nSPS) is 15.3. The Morgan fingerprint density at radius 3 is 2.04 bits per heavy atom. The van der Waals surface area contributed by atoms with Crippen LogP contribution in [0.15, 0.2) is 24.3 Å². The number of rotatable bonds is 3. The zero-order chi connectivity index (χ0) is 18.4. The average molecular weight is 363 g/mol. The van der Waals surface area contributed by atoms with E-state index in [1.165, 1.54) is 6.07 Å². The largest absolute Gasteiger partial charge is 0.416 e. The van der Waals surface area contributed by atoms with E-state index >= 15 is 0 Å². The summed E-state index contributed by atoms with van der Waals surface area (Å²) in [5.74, 6) is -0.715. The summed E-state index contributed by atoms with van der Waals surface area (Å²) in [6, 6.07) is 2.23. The highest BCUT2D eigenvalue weighted by Crippen LogP contribution is 2.39. The molecule has 25 heavy (non-hydrogen) atoms. The Morgan fingerprint density at radius 1 is 1.00 bits per heavy atom. The molecule has 1 aromatic heterocycles. The molecule has 1 aromatic carbocycles. The topological polar surface area (TPSA) is 57.8 Å². The van der Waals surface area contributed by atoms with E-state index in [2.05, 4.69) is 15.5 Å². The number of carbonyl (C=O) groups excluding carboxylic acids is 1. The lowest BCUT2D eigenvalue weighted by atomic mass is 10.0. The van der Waals surface area contributed by atoms with Gasteiger partial charge in [-0.25, -0.2) is 0 Å². The van der Waals surface area contributed by atoms with Crippen molar-refractivity contribution >= 4 is 11.7 Å². The highest BCUT2D eigenvalue weighted by atomic mass is 19.4. The van der Waals surface area contributed by atoms with Gasteiger partial charge in [-0.05, 0) is 31.0 Å². The van der Waals surface area contributed by atoms with Crippen LogP contribution in [0.5, 0.6) is 0 Å². The van der Waals surface area contributed by atoms with E-state index in [1.54, 1.807) is 0 Å². The minimum absolute atomic E-state index is 0.0296. The fourth-order valence-corrected chi connectivity index (χ4v) is 2.27. The Labute approximate surface area is 137 Å². The van der Waals surface area contributed by atoms with Crippen LogP contribution in [0.3, 0.4) is 0 Å². The molecule has 1 fully saturated rings. The first-order chi connectivity index (χ1) is 11.5. The minimum Gasteiger partial charge on any atom is -0.307 e. The Hall–Kier alpha value is -2.52. The summed E-state index contributed by atoms with van der Waals surface area (Å²) in [5.41, 5.74) is -3.15. The molecular weight excluding hydrogens is 352 g/mol. The lowest BCUT2D eigenvalue weighted by Crippen LogP contribution is -2.17. The Morgan fingerprint density at radius 2 is 1.56 bits per heavy atom. The number of hydrogen-bond acceptors (Lipinski definition) is 2. The molecule has 1 amide bonds. The third-order valence-corrected chi connectivity index (χ3v) is 3.69. The molecule has 10 heteroatoms. The number of aromatic amines is 1. The molecular formula is C15H11F6N3O. The molecule has 1 heterocycles. The molecule has 2 aromatic rings. The van der Waals surface area contributed by atoms with E-state index in [0.717, 1.165) is 12.8 Å². The van der Waals surface area contributed by atoms with Crippen molar-refractivity contribution in [3.05, 3.63) is 46.6 Å². The van der Waals surface area contributed by atoms with Crippen LogP contribution < -0.4 is 5.32 Å². The van der Waals surface area contributed by atoms with Crippen molar-refractivity contribution in [2.75, 3.05) is 5.32 Å². The summed E-state index contributed by atoms with van der Waals surface area (Å²) < 4.78 is 76.9. The van der Waals surface area contributed by atoms with E-state index in [0.29, 0.717) is 17.8 Å². The summed E-state index contributed by atoms with van der Waals surface area (Å²) in [7, 11) is 0.